The first kappa shape index (κ1) is 11.1. The molecule has 2 aromatic rings. The summed E-state index contributed by atoms with van der Waals surface area (Å²) in [6.45, 7) is 1.44. The maximum atomic E-state index is 5.84. The van der Waals surface area contributed by atoms with Crippen molar-refractivity contribution in [1.82, 2.24) is 15.0 Å². The van der Waals surface area contributed by atoms with Crippen LogP contribution in [0.15, 0.2) is 30.5 Å². The van der Waals surface area contributed by atoms with Crippen molar-refractivity contribution in [3.8, 4) is 11.3 Å². The number of benzene rings is 1. The highest BCUT2D eigenvalue weighted by Crippen LogP contribution is 2.20. The van der Waals surface area contributed by atoms with Crippen molar-refractivity contribution in [2.24, 2.45) is 5.73 Å². The summed E-state index contributed by atoms with van der Waals surface area (Å²) in [5, 5.41) is 8.67. The van der Waals surface area contributed by atoms with Crippen molar-refractivity contribution in [1.29, 1.82) is 0 Å². The highest BCUT2D eigenvalue weighted by atomic mass is 35.5. The lowest BCUT2D eigenvalue weighted by Gasteiger charge is -2.05. The first-order valence-electron chi connectivity index (χ1n) is 5.16. The molecule has 0 atom stereocenters. The Kier molecular flexibility index (Phi) is 3.54. The third kappa shape index (κ3) is 2.40. The van der Waals surface area contributed by atoms with E-state index >= 15 is 0 Å². The molecule has 0 aliphatic rings. The van der Waals surface area contributed by atoms with Crippen molar-refractivity contribution >= 4 is 11.6 Å². The summed E-state index contributed by atoms with van der Waals surface area (Å²) in [7, 11) is 0. The summed E-state index contributed by atoms with van der Waals surface area (Å²) in [5.74, 6) is 0. The first-order valence-corrected chi connectivity index (χ1v) is 5.53. The van der Waals surface area contributed by atoms with Gasteiger partial charge in [-0.3, -0.25) is 0 Å². The van der Waals surface area contributed by atoms with Crippen molar-refractivity contribution in [2.75, 3.05) is 6.54 Å². The van der Waals surface area contributed by atoms with Gasteiger partial charge in [0.05, 0.1) is 11.9 Å². The van der Waals surface area contributed by atoms with Gasteiger partial charge in [0.25, 0.3) is 0 Å². The molecule has 0 bridgehead atoms. The zero-order valence-corrected chi connectivity index (χ0v) is 9.56. The van der Waals surface area contributed by atoms with Crippen LogP contribution in [0.3, 0.4) is 0 Å². The molecule has 2 rings (SSSR count). The highest BCUT2D eigenvalue weighted by Gasteiger charge is 2.05. The van der Waals surface area contributed by atoms with Gasteiger partial charge in [0.15, 0.2) is 0 Å². The number of aromatic nitrogens is 3. The molecule has 0 fully saturated rings. The molecule has 0 unspecified atom stereocenters. The van der Waals surface area contributed by atoms with Crippen LogP contribution in [0.2, 0.25) is 5.02 Å². The monoisotopic (exact) mass is 236 g/mol. The second-order valence-electron chi connectivity index (χ2n) is 3.49. The van der Waals surface area contributed by atoms with Gasteiger partial charge >= 0.3 is 0 Å². The summed E-state index contributed by atoms with van der Waals surface area (Å²) in [6, 6.07) is 7.63. The van der Waals surface area contributed by atoms with E-state index < -0.39 is 0 Å². The van der Waals surface area contributed by atoms with Gasteiger partial charge in [-0.15, -0.1) is 5.10 Å². The van der Waals surface area contributed by atoms with Gasteiger partial charge in [-0.2, -0.15) is 0 Å². The van der Waals surface area contributed by atoms with E-state index in [1.165, 1.54) is 0 Å². The van der Waals surface area contributed by atoms with Gasteiger partial charge in [0.1, 0.15) is 0 Å². The Balaban J connectivity index is 2.26. The number of hydrogen-bond donors (Lipinski definition) is 1. The van der Waals surface area contributed by atoms with Gasteiger partial charge in [0.2, 0.25) is 0 Å². The van der Waals surface area contributed by atoms with Crippen LogP contribution in [0.1, 0.15) is 6.42 Å². The third-order valence-corrected chi connectivity index (χ3v) is 2.58. The van der Waals surface area contributed by atoms with Crippen LogP contribution in [0, 0.1) is 0 Å². The average Bonchev–Trinajstić information content (AvgIpc) is 2.75. The number of halogens is 1. The van der Waals surface area contributed by atoms with Crippen molar-refractivity contribution in [3.63, 3.8) is 0 Å². The van der Waals surface area contributed by atoms with E-state index in [1.807, 2.05) is 28.9 Å². The molecule has 0 saturated heterocycles. The molecule has 0 aliphatic carbocycles. The van der Waals surface area contributed by atoms with E-state index in [0.717, 1.165) is 29.2 Å². The first-order chi connectivity index (χ1) is 7.81. The van der Waals surface area contributed by atoms with Gasteiger partial charge in [-0.25, -0.2) is 4.68 Å². The molecule has 1 aromatic carbocycles. The highest BCUT2D eigenvalue weighted by molar-refractivity contribution is 6.30. The molecule has 16 heavy (non-hydrogen) atoms. The van der Waals surface area contributed by atoms with Crippen molar-refractivity contribution < 1.29 is 0 Å². The zero-order chi connectivity index (χ0) is 11.4. The van der Waals surface area contributed by atoms with Gasteiger partial charge in [-0.1, -0.05) is 28.9 Å². The van der Waals surface area contributed by atoms with Crippen LogP contribution < -0.4 is 5.73 Å². The molecular formula is C11H13ClN4. The topological polar surface area (TPSA) is 56.7 Å². The molecule has 2 N–H and O–H groups in total. The Hall–Kier alpha value is -1.39. The summed E-state index contributed by atoms with van der Waals surface area (Å²) in [5.41, 5.74) is 7.53. The minimum atomic E-state index is 0.653. The van der Waals surface area contributed by atoms with Gasteiger partial charge < -0.3 is 5.73 Å². The van der Waals surface area contributed by atoms with Crippen LogP contribution in [0.4, 0.5) is 0 Å². The molecule has 1 heterocycles. The predicted octanol–water partition coefficient (Wildman–Crippen LogP) is 1.95. The summed E-state index contributed by atoms with van der Waals surface area (Å²) >= 11 is 5.84. The number of rotatable bonds is 4. The van der Waals surface area contributed by atoms with E-state index in [9.17, 15) is 0 Å². The van der Waals surface area contributed by atoms with E-state index in [-0.39, 0.29) is 0 Å². The van der Waals surface area contributed by atoms with Crippen LogP contribution in [-0.2, 0) is 6.54 Å². The summed E-state index contributed by atoms with van der Waals surface area (Å²) < 4.78 is 1.86. The maximum Gasteiger partial charge on any atom is 0.0885 e. The molecule has 84 valence electrons. The quantitative estimate of drug-likeness (QED) is 0.883. The smallest absolute Gasteiger partial charge is 0.0885 e. The SMILES string of the molecule is NCCCn1nncc1-c1ccc(Cl)cc1. The lowest BCUT2D eigenvalue weighted by atomic mass is 10.2. The lowest BCUT2D eigenvalue weighted by Crippen LogP contribution is -2.08. The van der Waals surface area contributed by atoms with E-state index in [1.54, 1.807) is 6.20 Å². The molecule has 4 nitrogen and oxygen atoms in total. The number of aryl methyl sites for hydroxylation is 1. The number of nitrogens with two attached hydrogens (primary N) is 1. The Bertz CT molecular complexity index is 449. The molecule has 0 saturated carbocycles. The van der Waals surface area contributed by atoms with Crippen LogP contribution in [-0.4, -0.2) is 21.5 Å². The lowest BCUT2D eigenvalue weighted by molar-refractivity contribution is 0.569. The fourth-order valence-corrected chi connectivity index (χ4v) is 1.63. The predicted molar refractivity (Wildman–Crippen MR) is 64.1 cm³/mol. The second kappa shape index (κ2) is 5.09. The largest absolute Gasteiger partial charge is 0.330 e. The fraction of sp³-hybridized carbons (Fsp3) is 0.273. The minimum absolute atomic E-state index is 0.653. The Morgan fingerprint density at radius 2 is 2.00 bits per heavy atom. The van der Waals surface area contributed by atoms with Gasteiger partial charge in [0, 0.05) is 17.1 Å². The summed E-state index contributed by atoms with van der Waals surface area (Å²) in [6.07, 6.45) is 2.64. The number of hydrogen-bond acceptors (Lipinski definition) is 3. The molecule has 0 aliphatic heterocycles. The van der Waals surface area contributed by atoms with Crippen LogP contribution in [0.5, 0.6) is 0 Å². The van der Waals surface area contributed by atoms with E-state index in [0.29, 0.717) is 6.54 Å². The Morgan fingerprint density at radius 1 is 1.25 bits per heavy atom. The standard InChI is InChI=1S/C11H13ClN4/c12-10-4-2-9(3-5-10)11-8-14-15-16(11)7-1-6-13/h2-5,8H,1,6-7,13H2. The fourth-order valence-electron chi connectivity index (χ4n) is 1.51. The molecule has 1 aromatic heterocycles. The van der Waals surface area contributed by atoms with Crippen LogP contribution >= 0.6 is 11.6 Å². The molecule has 0 amide bonds. The molecule has 0 spiro atoms. The summed E-state index contributed by atoms with van der Waals surface area (Å²) in [4.78, 5) is 0. The molecule has 0 radical (unpaired) electrons. The maximum absolute atomic E-state index is 5.84. The third-order valence-electron chi connectivity index (χ3n) is 2.33. The second-order valence-corrected chi connectivity index (χ2v) is 3.93. The number of nitrogens with zero attached hydrogens (tertiary/aromatic N) is 3. The Morgan fingerprint density at radius 3 is 2.69 bits per heavy atom. The molecular weight excluding hydrogens is 224 g/mol. The van der Waals surface area contributed by atoms with Crippen LogP contribution in [0.25, 0.3) is 11.3 Å². The van der Waals surface area contributed by atoms with E-state index in [4.69, 9.17) is 17.3 Å². The average molecular weight is 237 g/mol. The van der Waals surface area contributed by atoms with Gasteiger partial charge in [-0.05, 0) is 25.1 Å². The minimum Gasteiger partial charge on any atom is -0.330 e. The Labute approximate surface area is 99.0 Å². The van der Waals surface area contributed by atoms with E-state index in [2.05, 4.69) is 10.3 Å². The van der Waals surface area contributed by atoms with Crippen molar-refractivity contribution in [2.45, 2.75) is 13.0 Å². The normalized spacial score (nSPS) is 10.6. The molecule has 5 heteroatoms. The van der Waals surface area contributed by atoms with Crippen molar-refractivity contribution in [3.05, 3.63) is 35.5 Å². The zero-order valence-electron chi connectivity index (χ0n) is 8.81.